The third-order valence-electron chi connectivity index (χ3n) is 14.9. The van der Waals surface area contributed by atoms with E-state index in [0.29, 0.717) is 5.84 Å². The smallest absolute Gasteiger partial charge is 0.159 e. The van der Waals surface area contributed by atoms with Crippen LogP contribution in [-0.4, -0.2) is 16.2 Å². The fraction of sp³-hybridized carbons (Fsp3) is 0.0312. The Morgan fingerprint density at radius 1 is 0.406 bits per heavy atom. The number of hydrogen-bond acceptors (Lipinski definition) is 4. The van der Waals surface area contributed by atoms with Crippen LogP contribution in [0.2, 0.25) is 0 Å². The molecule has 0 bridgehead atoms. The quantitative estimate of drug-likeness (QED) is 0.187. The molecule has 0 saturated heterocycles. The maximum absolute atomic E-state index is 6.38. The SMILES string of the molecule is c1ccc(-c2ccc(C3=NC(c4cccc(-n5c6ccccc6c6cc7c(cc65)-c5ccccc5C75c6ccccc6-c6ccccc65)c4)NC(c4ccc5c(c4)oc4ccccc45)=N3)cc2)cc1. The normalized spacial score (nSPS) is 15.2. The van der Waals surface area contributed by atoms with Gasteiger partial charge in [-0.05, 0) is 110 Å². The van der Waals surface area contributed by atoms with Crippen molar-refractivity contribution in [3.05, 3.63) is 269 Å². The lowest BCUT2D eigenvalue weighted by Crippen LogP contribution is -2.33. The van der Waals surface area contributed by atoms with Crippen LogP contribution in [0.5, 0.6) is 0 Å². The summed E-state index contributed by atoms with van der Waals surface area (Å²) in [4.78, 5) is 10.6. The molecule has 322 valence electrons. The lowest BCUT2D eigenvalue weighted by atomic mass is 9.70. The highest BCUT2D eigenvalue weighted by Gasteiger charge is 2.51. The van der Waals surface area contributed by atoms with Gasteiger partial charge in [0.15, 0.2) is 5.84 Å². The van der Waals surface area contributed by atoms with E-state index in [0.717, 1.165) is 61.2 Å². The minimum Gasteiger partial charge on any atom is -0.456 e. The molecule has 1 unspecified atom stereocenters. The van der Waals surface area contributed by atoms with Crippen LogP contribution in [0.3, 0.4) is 0 Å². The van der Waals surface area contributed by atoms with Crippen LogP contribution in [0, 0.1) is 0 Å². The zero-order chi connectivity index (χ0) is 45.2. The van der Waals surface area contributed by atoms with Crippen LogP contribution >= 0.6 is 0 Å². The first-order valence-electron chi connectivity index (χ1n) is 23.7. The van der Waals surface area contributed by atoms with Crippen molar-refractivity contribution in [3.63, 3.8) is 0 Å². The second-order valence-electron chi connectivity index (χ2n) is 18.5. The van der Waals surface area contributed by atoms with Gasteiger partial charge in [-0.3, -0.25) is 0 Å². The van der Waals surface area contributed by atoms with Crippen LogP contribution in [0.25, 0.3) is 82.8 Å². The molecule has 3 aliphatic rings. The number of furan rings is 1. The number of aliphatic imine (C=N–C) groups is 2. The highest BCUT2D eigenvalue weighted by Crippen LogP contribution is 2.63. The third-order valence-corrected chi connectivity index (χ3v) is 14.9. The summed E-state index contributed by atoms with van der Waals surface area (Å²) in [7, 11) is 0. The molecular formula is C64H40N4O. The van der Waals surface area contributed by atoms with Crippen molar-refractivity contribution < 1.29 is 4.42 Å². The van der Waals surface area contributed by atoms with Crippen molar-refractivity contribution in [2.75, 3.05) is 0 Å². The predicted molar refractivity (Wildman–Crippen MR) is 282 cm³/mol. The first-order valence-corrected chi connectivity index (χ1v) is 23.7. The molecule has 10 aromatic carbocycles. The Labute approximate surface area is 398 Å². The second kappa shape index (κ2) is 14.5. The summed E-state index contributed by atoms with van der Waals surface area (Å²) in [5.74, 6) is 1.40. The van der Waals surface area contributed by atoms with Gasteiger partial charge < -0.3 is 14.3 Å². The van der Waals surface area contributed by atoms with Gasteiger partial charge in [-0.2, -0.15) is 0 Å². The van der Waals surface area contributed by atoms with E-state index in [-0.39, 0.29) is 0 Å². The Morgan fingerprint density at radius 2 is 1.01 bits per heavy atom. The van der Waals surface area contributed by atoms with Crippen molar-refractivity contribution in [2.45, 2.75) is 11.6 Å². The molecule has 5 nitrogen and oxygen atoms in total. The molecule has 2 aliphatic carbocycles. The fourth-order valence-corrected chi connectivity index (χ4v) is 11.9. The molecular weight excluding hydrogens is 841 g/mol. The number of rotatable bonds is 5. The predicted octanol–water partition coefficient (Wildman–Crippen LogP) is 15.2. The molecule has 15 rings (SSSR count). The standard InChI is InChI=1S/C64H40N4O/c1-2-15-39(16-3-1)40-29-31-41(32-30-40)61-65-62(67-63(66-61)43-33-34-50-49-23-8-13-28-59(49)69-60(50)36-43)42-17-14-18-44(35-42)68-57-27-12-7-22-48(57)52-37-56-51(38-58(52)68)47-21-6-11-26-55(47)64(56)53-24-9-4-19-45(53)46-20-5-10-25-54(46)64/h1-38,62H,(H,65,66,67). The highest BCUT2D eigenvalue weighted by molar-refractivity contribution is 6.15. The van der Waals surface area contributed by atoms with E-state index < -0.39 is 11.6 Å². The monoisotopic (exact) mass is 880 g/mol. The minimum atomic E-state index is -0.431. The van der Waals surface area contributed by atoms with E-state index in [4.69, 9.17) is 14.4 Å². The molecule has 5 heteroatoms. The third kappa shape index (κ3) is 5.47. The number of hydrogen-bond donors (Lipinski definition) is 1. The average Bonchev–Trinajstić information content (AvgIpc) is 4.14. The summed E-state index contributed by atoms with van der Waals surface area (Å²) < 4.78 is 8.82. The number of fused-ring (bicyclic) bond motifs is 16. The highest BCUT2D eigenvalue weighted by atomic mass is 16.3. The zero-order valence-electron chi connectivity index (χ0n) is 37.3. The van der Waals surface area contributed by atoms with Gasteiger partial charge >= 0.3 is 0 Å². The largest absolute Gasteiger partial charge is 0.456 e. The molecule has 0 fully saturated rings. The van der Waals surface area contributed by atoms with Gasteiger partial charge in [-0.15, -0.1) is 0 Å². The maximum Gasteiger partial charge on any atom is 0.159 e. The summed E-state index contributed by atoms with van der Waals surface area (Å²) in [6, 6.07) is 83.4. The zero-order valence-corrected chi connectivity index (χ0v) is 37.3. The summed E-state index contributed by atoms with van der Waals surface area (Å²) >= 11 is 0. The van der Waals surface area contributed by atoms with Crippen molar-refractivity contribution >= 4 is 55.4 Å². The van der Waals surface area contributed by atoms with Gasteiger partial charge in [-0.1, -0.05) is 182 Å². The Bertz CT molecular complexity index is 4130. The molecule has 1 N–H and O–H groups in total. The van der Waals surface area contributed by atoms with Gasteiger partial charge in [0.2, 0.25) is 0 Å². The van der Waals surface area contributed by atoms with Crippen LogP contribution < -0.4 is 5.32 Å². The van der Waals surface area contributed by atoms with Crippen molar-refractivity contribution in [2.24, 2.45) is 9.98 Å². The van der Waals surface area contributed by atoms with E-state index in [2.05, 4.69) is 222 Å². The second-order valence-corrected chi connectivity index (χ2v) is 18.5. The maximum atomic E-state index is 6.38. The molecule has 2 aromatic heterocycles. The molecule has 3 heterocycles. The van der Waals surface area contributed by atoms with E-state index in [1.54, 1.807) is 0 Å². The van der Waals surface area contributed by atoms with Crippen LogP contribution in [0.4, 0.5) is 0 Å². The van der Waals surface area contributed by atoms with Gasteiger partial charge in [0, 0.05) is 38.4 Å². The number of benzene rings is 10. The Balaban J connectivity index is 0.891. The van der Waals surface area contributed by atoms with Crippen molar-refractivity contribution in [1.29, 1.82) is 0 Å². The van der Waals surface area contributed by atoms with Crippen LogP contribution in [0.15, 0.2) is 245 Å². The first-order chi connectivity index (χ1) is 34.2. The summed E-state index contributed by atoms with van der Waals surface area (Å²) in [6.07, 6.45) is -0.431. The number of nitrogens with zero attached hydrogens (tertiary/aromatic N) is 3. The van der Waals surface area contributed by atoms with E-state index in [1.165, 1.54) is 66.4 Å². The van der Waals surface area contributed by atoms with E-state index in [1.807, 2.05) is 18.2 Å². The molecule has 69 heavy (non-hydrogen) atoms. The molecule has 1 spiro atoms. The minimum absolute atomic E-state index is 0.422. The fourth-order valence-electron chi connectivity index (χ4n) is 11.9. The number of para-hydroxylation sites is 2. The van der Waals surface area contributed by atoms with E-state index in [9.17, 15) is 0 Å². The Hall–Kier alpha value is -9.06. The van der Waals surface area contributed by atoms with Gasteiger partial charge in [0.1, 0.15) is 23.2 Å². The van der Waals surface area contributed by atoms with Gasteiger partial charge in [0.05, 0.1) is 16.4 Å². The molecule has 0 amide bonds. The molecule has 1 atom stereocenters. The van der Waals surface area contributed by atoms with Gasteiger partial charge in [-0.25, -0.2) is 9.98 Å². The van der Waals surface area contributed by atoms with Crippen LogP contribution in [-0.2, 0) is 5.41 Å². The molecule has 0 radical (unpaired) electrons. The van der Waals surface area contributed by atoms with Crippen molar-refractivity contribution in [1.82, 2.24) is 9.88 Å². The summed E-state index contributed by atoms with van der Waals surface area (Å²) in [5, 5.41) is 8.39. The lowest BCUT2D eigenvalue weighted by molar-refractivity contribution is 0.666. The Morgan fingerprint density at radius 3 is 1.78 bits per heavy atom. The molecule has 1 aliphatic heterocycles. The van der Waals surface area contributed by atoms with E-state index >= 15 is 0 Å². The van der Waals surface area contributed by atoms with Crippen molar-refractivity contribution in [3.8, 4) is 39.1 Å². The summed E-state index contributed by atoms with van der Waals surface area (Å²) in [6.45, 7) is 0. The molecule has 12 aromatic rings. The van der Waals surface area contributed by atoms with Crippen LogP contribution in [0.1, 0.15) is 45.1 Å². The van der Waals surface area contributed by atoms with Gasteiger partial charge in [0.25, 0.3) is 0 Å². The molecule has 0 saturated carbocycles. The average molecular weight is 881 g/mol. The Kier molecular flexibility index (Phi) is 7.99. The topological polar surface area (TPSA) is 54.8 Å². The number of aromatic nitrogens is 1. The number of nitrogens with one attached hydrogen (secondary N) is 1. The summed E-state index contributed by atoms with van der Waals surface area (Å²) in [5.41, 5.74) is 20.4. The lowest BCUT2D eigenvalue weighted by Gasteiger charge is -2.30. The first kappa shape index (κ1) is 38.1. The number of amidine groups is 2.